The zero-order chi connectivity index (χ0) is 15.5. The summed E-state index contributed by atoms with van der Waals surface area (Å²) in [6.07, 6.45) is 0.938. The van der Waals surface area contributed by atoms with E-state index in [-0.39, 0.29) is 24.0 Å². The van der Waals surface area contributed by atoms with Crippen LogP contribution in [0, 0.1) is 0 Å². The molecule has 0 aromatic heterocycles. The first-order chi connectivity index (χ1) is 10.2. The van der Waals surface area contributed by atoms with Crippen molar-refractivity contribution in [2.75, 3.05) is 41.5 Å². The van der Waals surface area contributed by atoms with Crippen molar-refractivity contribution in [2.45, 2.75) is 13.0 Å². The van der Waals surface area contributed by atoms with Crippen molar-refractivity contribution in [3.05, 3.63) is 23.8 Å². The number of aliphatic imine (C=N–C) groups is 1. The van der Waals surface area contributed by atoms with Crippen LogP contribution in [0.1, 0.15) is 12.0 Å². The normalized spacial score (nSPS) is 10.6. The third kappa shape index (κ3) is 7.17. The van der Waals surface area contributed by atoms with E-state index >= 15 is 0 Å². The fourth-order valence-electron chi connectivity index (χ4n) is 1.82. The number of rotatable bonds is 8. The van der Waals surface area contributed by atoms with Gasteiger partial charge in [-0.3, -0.25) is 4.99 Å². The highest BCUT2D eigenvalue weighted by Gasteiger charge is 2.05. The van der Waals surface area contributed by atoms with Crippen LogP contribution in [0.25, 0.3) is 0 Å². The van der Waals surface area contributed by atoms with Crippen LogP contribution in [0.15, 0.2) is 23.2 Å². The summed E-state index contributed by atoms with van der Waals surface area (Å²) in [5.41, 5.74) is 1.09. The molecule has 6 nitrogen and oxygen atoms in total. The van der Waals surface area contributed by atoms with Crippen LogP contribution in [-0.4, -0.2) is 47.5 Å². The molecule has 22 heavy (non-hydrogen) atoms. The number of hydrogen-bond acceptors (Lipinski definition) is 4. The maximum Gasteiger partial charge on any atom is 0.191 e. The van der Waals surface area contributed by atoms with Gasteiger partial charge in [-0.25, -0.2) is 0 Å². The number of nitrogens with zero attached hydrogens (tertiary/aromatic N) is 1. The first-order valence-corrected chi connectivity index (χ1v) is 6.89. The lowest BCUT2D eigenvalue weighted by Crippen LogP contribution is -2.37. The number of nitrogens with one attached hydrogen (secondary N) is 2. The molecule has 0 saturated heterocycles. The molecule has 0 atom stereocenters. The second kappa shape index (κ2) is 12.3. The van der Waals surface area contributed by atoms with Crippen LogP contribution >= 0.6 is 24.0 Å². The summed E-state index contributed by atoms with van der Waals surface area (Å²) in [6.45, 7) is 2.21. The summed E-state index contributed by atoms with van der Waals surface area (Å²) >= 11 is 0. The second-order valence-corrected chi connectivity index (χ2v) is 4.39. The van der Waals surface area contributed by atoms with E-state index < -0.39 is 0 Å². The highest BCUT2D eigenvalue weighted by atomic mass is 127. The zero-order valence-electron chi connectivity index (χ0n) is 13.6. The van der Waals surface area contributed by atoms with E-state index in [2.05, 4.69) is 15.6 Å². The number of ether oxygens (including phenoxy) is 3. The molecule has 7 heteroatoms. The lowest BCUT2D eigenvalue weighted by Gasteiger charge is -2.13. The van der Waals surface area contributed by atoms with E-state index in [0.717, 1.165) is 42.6 Å². The molecule has 1 aromatic carbocycles. The van der Waals surface area contributed by atoms with E-state index in [0.29, 0.717) is 6.54 Å². The Balaban J connectivity index is 0.00000441. The fourth-order valence-corrected chi connectivity index (χ4v) is 1.82. The standard InChI is InChI=1S/C15H25N3O3.HI/c1-16-15(17-8-5-9-19-2)18-11-12-6-7-13(20-3)14(10-12)21-4;/h6-7,10H,5,8-9,11H2,1-4H3,(H2,16,17,18);1H. The zero-order valence-corrected chi connectivity index (χ0v) is 16.0. The average molecular weight is 423 g/mol. The molecule has 2 N–H and O–H groups in total. The predicted octanol–water partition coefficient (Wildman–Crippen LogP) is 2.02. The number of benzene rings is 1. The summed E-state index contributed by atoms with van der Waals surface area (Å²) < 4.78 is 15.5. The first kappa shape index (κ1) is 20.8. The van der Waals surface area contributed by atoms with Gasteiger partial charge in [0.25, 0.3) is 0 Å². The molecular weight excluding hydrogens is 397 g/mol. The molecule has 0 heterocycles. The SMILES string of the molecule is CN=C(NCCCOC)NCc1ccc(OC)c(OC)c1.I. The highest BCUT2D eigenvalue weighted by molar-refractivity contribution is 14.0. The summed E-state index contributed by atoms with van der Waals surface area (Å²) in [7, 11) is 6.71. The number of methoxy groups -OCH3 is 3. The lowest BCUT2D eigenvalue weighted by atomic mass is 10.2. The van der Waals surface area contributed by atoms with Gasteiger partial charge in [0.15, 0.2) is 17.5 Å². The van der Waals surface area contributed by atoms with Crippen LogP contribution in [0.2, 0.25) is 0 Å². The average Bonchev–Trinajstić information content (AvgIpc) is 2.53. The molecule has 126 valence electrons. The van der Waals surface area contributed by atoms with Crippen LogP contribution in [0.4, 0.5) is 0 Å². The molecule has 0 saturated carbocycles. The van der Waals surface area contributed by atoms with E-state index in [1.54, 1.807) is 28.4 Å². The molecule has 0 fully saturated rings. The van der Waals surface area contributed by atoms with Gasteiger partial charge in [-0.1, -0.05) is 6.07 Å². The maximum atomic E-state index is 5.29. The lowest BCUT2D eigenvalue weighted by molar-refractivity contribution is 0.195. The number of hydrogen-bond donors (Lipinski definition) is 2. The largest absolute Gasteiger partial charge is 0.493 e. The molecule has 0 aliphatic heterocycles. The molecule has 0 aliphatic carbocycles. The van der Waals surface area contributed by atoms with Crippen LogP contribution in [0.5, 0.6) is 11.5 Å². The minimum atomic E-state index is 0. The summed E-state index contributed by atoms with van der Waals surface area (Å²) in [5, 5.41) is 6.48. The first-order valence-electron chi connectivity index (χ1n) is 6.89. The Morgan fingerprint density at radius 3 is 2.41 bits per heavy atom. The highest BCUT2D eigenvalue weighted by Crippen LogP contribution is 2.27. The fraction of sp³-hybridized carbons (Fsp3) is 0.533. The molecule has 1 aromatic rings. The Kier molecular flexibility index (Phi) is 11.7. The molecule has 1 rings (SSSR count). The summed E-state index contributed by atoms with van der Waals surface area (Å²) in [6, 6.07) is 5.83. The Morgan fingerprint density at radius 1 is 1.09 bits per heavy atom. The summed E-state index contributed by atoms with van der Waals surface area (Å²) in [4.78, 5) is 4.17. The predicted molar refractivity (Wildman–Crippen MR) is 99.7 cm³/mol. The van der Waals surface area contributed by atoms with Crippen molar-refractivity contribution in [2.24, 2.45) is 4.99 Å². The Labute approximate surface area is 149 Å². The van der Waals surface area contributed by atoms with Crippen molar-refractivity contribution in [3.63, 3.8) is 0 Å². The van der Waals surface area contributed by atoms with Gasteiger partial charge in [0.1, 0.15) is 0 Å². The topological polar surface area (TPSA) is 64.1 Å². The maximum absolute atomic E-state index is 5.29. The van der Waals surface area contributed by atoms with Gasteiger partial charge < -0.3 is 24.8 Å². The summed E-state index contributed by atoms with van der Waals surface area (Å²) in [5.74, 6) is 2.21. The molecule has 0 radical (unpaired) electrons. The second-order valence-electron chi connectivity index (χ2n) is 4.39. The van der Waals surface area contributed by atoms with Crippen molar-refractivity contribution >= 4 is 29.9 Å². The Bertz CT molecular complexity index is 456. The molecule has 0 aliphatic rings. The van der Waals surface area contributed by atoms with Crippen molar-refractivity contribution in [1.29, 1.82) is 0 Å². The van der Waals surface area contributed by atoms with Crippen LogP contribution in [0.3, 0.4) is 0 Å². The quantitative estimate of drug-likeness (QED) is 0.290. The molecular formula is C15H26IN3O3. The number of guanidine groups is 1. The molecule has 0 bridgehead atoms. The van der Waals surface area contributed by atoms with Crippen LogP contribution < -0.4 is 20.1 Å². The van der Waals surface area contributed by atoms with Gasteiger partial charge in [-0.05, 0) is 24.1 Å². The van der Waals surface area contributed by atoms with Gasteiger partial charge >= 0.3 is 0 Å². The van der Waals surface area contributed by atoms with E-state index in [1.807, 2.05) is 18.2 Å². The van der Waals surface area contributed by atoms with Crippen LogP contribution in [-0.2, 0) is 11.3 Å². The van der Waals surface area contributed by atoms with Crippen molar-refractivity contribution in [3.8, 4) is 11.5 Å². The van der Waals surface area contributed by atoms with Crippen molar-refractivity contribution in [1.82, 2.24) is 10.6 Å². The van der Waals surface area contributed by atoms with Gasteiger partial charge in [0.2, 0.25) is 0 Å². The van der Waals surface area contributed by atoms with Crippen molar-refractivity contribution < 1.29 is 14.2 Å². The molecule has 0 unspecified atom stereocenters. The molecule has 0 amide bonds. The van der Waals surface area contributed by atoms with E-state index in [1.165, 1.54) is 0 Å². The Hall–Kier alpha value is -1.22. The van der Waals surface area contributed by atoms with Gasteiger partial charge in [-0.15, -0.1) is 24.0 Å². The van der Waals surface area contributed by atoms with Gasteiger partial charge in [-0.2, -0.15) is 0 Å². The Morgan fingerprint density at radius 2 is 1.82 bits per heavy atom. The van der Waals surface area contributed by atoms with E-state index in [9.17, 15) is 0 Å². The minimum absolute atomic E-state index is 0. The minimum Gasteiger partial charge on any atom is -0.493 e. The third-order valence-corrected chi connectivity index (χ3v) is 2.95. The van der Waals surface area contributed by atoms with Gasteiger partial charge in [0.05, 0.1) is 14.2 Å². The smallest absolute Gasteiger partial charge is 0.191 e. The molecule has 0 spiro atoms. The van der Waals surface area contributed by atoms with E-state index in [4.69, 9.17) is 14.2 Å². The monoisotopic (exact) mass is 423 g/mol. The third-order valence-electron chi connectivity index (χ3n) is 2.95. The number of halogens is 1. The van der Waals surface area contributed by atoms with Gasteiger partial charge in [0, 0.05) is 33.9 Å².